The smallest absolute Gasteiger partial charge is 0.408 e. The molecule has 36 heavy (non-hydrogen) atoms. The number of carbonyl (C=O) groups excluding carboxylic acids is 3. The molecule has 0 unspecified atom stereocenters. The molecule has 7 heteroatoms. The fourth-order valence-electron chi connectivity index (χ4n) is 4.14. The maximum absolute atomic E-state index is 13.8. The first kappa shape index (κ1) is 25.0. The average Bonchev–Trinajstić information content (AvgIpc) is 3.15. The van der Waals surface area contributed by atoms with Crippen LogP contribution in [0.3, 0.4) is 0 Å². The van der Waals surface area contributed by atoms with Crippen molar-refractivity contribution in [2.75, 3.05) is 0 Å². The number of carbonyl (C=O) groups is 3. The number of nitrogens with one attached hydrogen (secondary N) is 1. The summed E-state index contributed by atoms with van der Waals surface area (Å²) >= 11 is 0. The molecule has 1 aliphatic heterocycles. The van der Waals surface area contributed by atoms with Gasteiger partial charge in [0, 0.05) is 5.56 Å². The number of ether oxygens (including phenoxy) is 3. The van der Waals surface area contributed by atoms with Gasteiger partial charge in [-0.1, -0.05) is 78.4 Å². The molecule has 3 aromatic rings. The molecule has 1 amide bonds. The second-order valence-electron chi connectivity index (χ2n) is 9.72. The lowest BCUT2D eigenvalue weighted by Crippen LogP contribution is -2.52. The molecule has 3 aromatic carbocycles. The Labute approximate surface area is 210 Å². The zero-order chi connectivity index (χ0) is 25.9. The molecule has 0 saturated carbocycles. The highest BCUT2D eigenvalue weighted by Gasteiger charge is 2.60. The molecule has 0 radical (unpaired) electrons. The molecule has 7 nitrogen and oxygen atoms in total. The van der Waals surface area contributed by atoms with Gasteiger partial charge in [0.15, 0.2) is 0 Å². The maximum Gasteiger partial charge on any atom is 0.408 e. The van der Waals surface area contributed by atoms with Crippen molar-refractivity contribution in [2.45, 2.75) is 51.5 Å². The zero-order valence-electron chi connectivity index (χ0n) is 20.7. The Morgan fingerprint density at radius 3 is 2.25 bits per heavy atom. The van der Waals surface area contributed by atoms with Gasteiger partial charge in [0.25, 0.3) is 5.60 Å². The molecule has 0 spiro atoms. The predicted octanol–water partition coefficient (Wildman–Crippen LogP) is 5.37. The number of hydrogen-bond donors (Lipinski definition) is 1. The van der Waals surface area contributed by atoms with Crippen molar-refractivity contribution in [3.8, 4) is 0 Å². The van der Waals surface area contributed by atoms with Gasteiger partial charge < -0.3 is 19.5 Å². The normalized spacial score (nSPS) is 17.5. The third-order valence-corrected chi connectivity index (χ3v) is 5.80. The number of aryl methyl sites for hydroxylation is 1. The summed E-state index contributed by atoms with van der Waals surface area (Å²) in [5, 5.41) is 2.79. The van der Waals surface area contributed by atoms with Gasteiger partial charge in [-0.15, -0.1) is 0 Å². The highest BCUT2D eigenvalue weighted by molar-refractivity contribution is 6.01. The van der Waals surface area contributed by atoms with E-state index in [0.29, 0.717) is 11.1 Å². The van der Waals surface area contributed by atoms with Crippen LogP contribution >= 0.6 is 0 Å². The van der Waals surface area contributed by atoms with Gasteiger partial charge in [-0.05, 0) is 44.9 Å². The molecule has 0 saturated heterocycles. The molecule has 186 valence electrons. The summed E-state index contributed by atoms with van der Waals surface area (Å²) in [6.07, 6.45) is -0.771. The molecule has 0 bridgehead atoms. The van der Waals surface area contributed by atoms with E-state index in [1.54, 1.807) is 57.2 Å². The zero-order valence-corrected chi connectivity index (χ0v) is 20.7. The van der Waals surface area contributed by atoms with Crippen LogP contribution < -0.4 is 5.32 Å². The van der Waals surface area contributed by atoms with E-state index in [9.17, 15) is 14.4 Å². The van der Waals surface area contributed by atoms with Crippen LogP contribution in [0.4, 0.5) is 4.79 Å². The van der Waals surface area contributed by atoms with Crippen molar-refractivity contribution in [3.63, 3.8) is 0 Å². The first-order valence-electron chi connectivity index (χ1n) is 11.7. The molecule has 2 atom stereocenters. The lowest BCUT2D eigenvalue weighted by atomic mass is 9.81. The first-order chi connectivity index (χ1) is 17.1. The quantitative estimate of drug-likeness (QED) is 0.371. The second kappa shape index (κ2) is 9.85. The minimum Gasteiger partial charge on any atom is -0.457 e. The van der Waals surface area contributed by atoms with Crippen LogP contribution in [0.5, 0.6) is 0 Å². The number of benzene rings is 3. The maximum atomic E-state index is 13.8. The topological polar surface area (TPSA) is 90.9 Å². The van der Waals surface area contributed by atoms with E-state index in [-0.39, 0.29) is 12.2 Å². The summed E-state index contributed by atoms with van der Waals surface area (Å²) in [6.45, 7) is 7.13. The van der Waals surface area contributed by atoms with Gasteiger partial charge in [0.1, 0.15) is 18.2 Å². The van der Waals surface area contributed by atoms with Crippen molar-refractivity contribution >= 4 is 18.0 Å². The van der Waals surface area contributed by atoms with E-state index in [1.165, 1.54) is 0 Å². The first-order valence-corrected chi connectivity index (χ1v) is 11.7. The summed E-state index contributed by atoms with van der Waals surface area (Å²) < 4.78 is 17.1. The number of alkyl carbamates (subject to hydrolysis) is 1. The SMILES string of the molecule is Cc1ccc([C@H](NC(=O)OCc2ccccc2)[C@]2(C(=O)OC(C)(C)C)OC(=O)c3ccccc32)cc1. The second-order valence-corrected chi connectivity index (χ2v) is 9.72. The van der Waals surface area contributed by atoms with Crippen molar-refractivity contribution in [2.24, 2.45) is 0 Å². The minimum atomic E-state index is -1.96. The Hall–Kier alpha value is -4.13. The van der Waals surface area contributed by atoms with Gasteiger partial charge in [-0.3, -0.25) is 0 Å². The standard InChI is InChI=1S/C29H29NO6/c1-19-14-16-21(17-15-19)24(30-27(33)34-18-20-10-6-5-7-11-20)29(26(32)36-28(2,3)4)23-13-9-8-12-22(23)25(31)35-29/h5-17,24H,18H2,1-4H3,(H,30,33)/t24-,29+/m0/s1. The number of rotatable bonds is 6. The summed E-state index contributed by atoms with van der Waals surface area (Å²) in [6, 6.07) is 22.0. The van der Waals surface area contributed by atoms with E-state index >= 15 is 0 Å². The van der Waals surface area contributed by atoms with E-state index < -0.39 is 35.3 Å². The number of amides is 1. The van der Waals surface area contributed by atoms with Crippen LogP contribution in [-0.2, 0) is 31.2 Å². The molecule has 1 N–H and O–H groups in total. The lowest BCUT2D eigenvalue weighted by molar-refractivity contribution is -0.181. The molecule has 1 aliphatic rings. The van der Waals surface area contributed by atoms with Crippen LogP contribution in [0.1, 0.15) is 59.4 Å². The molecule has 0 aromatic heterocycles. The van der Waals surface area contributed by atoms with E-state index in [0.717, 1.165) is 11.1 Å². The van der Waals surface area contributed by atoms with Crippen molar-refractivity contribution in [1.82, 2.24) is 5.32 Å². The Morgan fingerprint density at radius 1 is 0.944 bits per heavy atom. The Morgan fingerprint density at radius 2 is 1.58 bits per heavy atom. The van der Waals surface area contributed by atoms with Gasteiger partial charge >= 0.3 is 18.0 Å². The van der Waals surface area contributed by atoms with Gasteiger partial charge in [-0.25, -0.2) is 14.4 Å². The fraction of sp³-hybridized carbons (Fsp3) is 0.276. The summed E-state index contributed by atoms with van der Waals surface area (Å²) in [7, 11) is 0. The average molecular weight is 488 g/mol. The number of esters is 2. The predicted molar refractivity (Wildman–Crippen MR) is 133 cm³/mol. The Balaban J connectivity index is 1.78. The third-order valence-electron chi connectivity index (χ3n) is 5.80. The fourth-order valence-corrected chi connectivity index (χ4v) is 4.14. The molecule has 1 heterocycles. The monoisotopic (exact) mass is 487 g/mol. The lowest BCUT2D eigenvalue weighted by Gasteiger charge is -2.37. The van der Waals surface area contributed by atoms with E-state index in [4.69, 9.17) is 14.2 Å². The number of fused-ring (bicyclic) bond motifs is 1. The van der Waals surface area contributed by atoms with Gasteiger partial charge in [0.2, 0.25) is 0 Å². The number of hydrogen-bond acceptors (Lipinski definition) is 6. The third kappa shape index (κ3) is 5.10. The minimum absolute atomic E-state index is 0.0309. The Kier molecular flexibility index (Phi) is 6.84. The van der Waals surface area contributed by atoms with Crippen molar-refractivity contribution < 1.29 is 28.6 Å². The van der Waals surface area contributed by atoms with Crippen LogP contribution in [0.15, 0.2) is 78.9 Å². The van der Waals surface area contributed by atoms with Crippen LogP contribution in [0, 0.1) is 6.92 Å². The van der Waals surface area contributed by atoms with E-state index in [2.05, 4.69) is 5.32 Å². The highest BCUT2D eigenvalue weighted by Crippen LogP contribution is 2.47. The summed E-state index contributed by atoms with van der Waals surface area (Å²) in [5.74, 6) is -1.46. The molecular formula is C29H29NO6. The van der Waals surface area contributed by atoms with E-state index in [1.807, 2.05) is 49.4 Å². The molecule has 0 fully saturated rings. The van der Waals surface area contributed by atoms with Gasteiger partial charge in [0.05, 0.1) is 5.56 Å². The molecule has 0 aliphatic carbocycles. The van der Waals surface area contributed by atoms with Gasteiger partial charge in [-0.2, -0.15) is 0 Å². The Bertz CT molecular complexity index is 1260. The van der Waals surface area contributed by atoms with Crippen LogP contribution in [-0.4, -0.2) is 23.6 Å². The van der Waals surface area contributed by atoms with Crippen LogP contribution in [0.25, 0.3) is 0 Å². The summed E-state index contributed by atoms with van der Waals surface area (Å²) in [4.78, 5) is 39.8. The van der Waals surface area contributed by atoms with Crippen molar-refractivity contribution in [3.05, 3.63) is 107 Å². The summed E-state index contributed by atoms with van der Waals surface area (Å²) in [5.41, 5.74) is 0.0609. The van der Waals surface area contributed by atoms with Crippen LogP contribution in [0.2, 0.25) is 0 Å². The molecular weight excluding hydrogens is 458 g/mol. The molecule has 4 rings (SSSR count). The highest BCUT2D eigenvalue weighted by atomic mass is 16.6. The number of cyclic esters (lactones) is 1. The largest absolute Gasteiger partial charge is 0.457 e. The van der Waals surface area contributed by atoms with Crippen molar-refractivity contribution in [1.29, 1.82) is 0 Å².